The zero-order valence-electron chi connectivity index (χ0n) is 15.8. The van der Waals surface area contributed by atoms with E-state index in [9.17, 15) is 4.79 Å². The molecule has 2 rings (SSSR count). The molecule has 2 aromatic rings. The van der Waals surface area contributed by atoms with Gasteiger partial charge in [0.1, 0.15) is 0 Å². The quantitative estimate of drug-likeness (QED) is 0.550. The fraction of sp³-hybridized carbons (Fsp3) is 0.737. The van der Waals surface area contributed by atoms with Crippen molar-refractivity contribution in [1.82, 2.24) is 19.5 Å². The molecule has 0 aliphatic carbocycles. The van der Waals surface area contributed by atoms with Gasteiger partial charge in [-0.1, -0.05) is 71.6 Å². The van der Waals surface area contributed by atoms with Gasteiger partial charge in [-0.05, 0) is 12.8 Å². The van der Waals surface area contributed by atoms with E-state index in [4.69, 9.17) is 5.73 Å². The highest BCUT2D eigenvalue weighted by atomic mass is 16.1. The van der Waals surface area contributed by atoms with Crippen molar-refractivity contribution in [2.24, 2.45) is 0 Å². The molecule has 6 heteroatoms. The number of imidazole rings is 1. The maximum absolute atomic E-state index is 12.0. The Balaban J connectivity index is 2.11. The lowest BCUT2D eigenvalue weighted by Crippen LogP contribution is -2.14. The number of unbranched alkanes of at least 4 members (excludes halogenated alkanes) is 7. The zero-order valence-corrected chi connectivity index (χ0v) is 15.8. The van der Waals surface area contributed by atoms with Gasteiger partial charge in [0.15, 0.2) is 11.2 Å². The fourth-order valence-corrected chi connectivity index (χ4v) is 3.42. The highest BCUT2D eigenvalue weighted by molar-refractivity contribution is 5.70. The molecular formula is C19H33N5O. The van der Waals surface area contributed by atoms with E-state index in [0.29, 0.717) is 17.2 Å². The number of anilines is 1. The number of rotatable bonds is 12. The maximum atomic E-state index is 12.0. The topological polar surface area (TPSA) is 89.6 Å². The lowest BCUT2D eigenvalue weighted by Gasteiger charge is -2.19. The Morgan fingerprint density at radius 1 is 1.04 bits per heavy atom. The Morgan fingerprint density at radius 2 is 1.64 bits per heavy atom. The molecule has 0 bridgehead atoms. The first-order valence-corrected chi connectivity index (χ1v) is 9.89. The normalized spacial score (nSPS) is 12.7. The summed E-state index contributed by atoms with van der Waals surface area (Å²) >= 11 is 0. The lowest BCUT2D eigenvalue weighted by molar-refractivity contribution is 0.401. The molecule has 3 N–H and O–H groups in total. The summed E-state index contributed by atoms with van der Waals surface area (Å²) in [6.45, 7) is 4.47. The SMILES string of the molecule is CCCCCCC[C@H](CCCCCC)n1cnc2c(=O)[nH]c(N)nc21. The second-order valence-electron chi connectivity index (χ2n) is 6.98. The lowest BCUT2D eigenvalue weighted by atomic mass is 10.0. The van der Waals surface area contributed by atoms with Crippen molar-refractivity contribution in [3.8, 4) is 0 Å². The molecule has 0 aromatic carbocycles. The van der Waals surface area contributed by atoms with Crippen LogP contribution in [0.3, 0.4) is 0 Å². The Kier molecular flexibility index (Phi) is 7.95. The summed E-state index contributed by atoms with van der Waals surface area (Å²) in [4.78, 5) is 23.2. The average Bonchev–Trinajstić information content (AvgIpc) is 3.00. The third-order valence-corrected chi connectivity index (χ3v) is 4.88. The van der Waals surface area contributed by atoms with Gasteiger partial charge >= 0.3 is 0 Å². The minimum atomic E-state index is -0.256. The number of nitrogen functional groups attached to an aromatic ring is 1. The molecule has 0 unspecified atom stereocenters. The van der Waals surface area contributed by atoms with Crippen LogP contribution < -0.4 is 11.3 Å². The average molecular weight is 348 g/mol. The Bertz CT molecular complexity index is 691. The molecule has 140 valence electrons. The Hall–Kier alpha value is -1.85. The monoisotopic (exact) mass is 347 g/mol. The van der Waals surface area contributed by atoms with Gasteiger partial charge in [-0.15, -0.1) is 0 Å². The number of aromatic nitrogens is 4. The highest BCUT2D eigenvalue weighted by Gasteiger charge is 2.17. The van der Waals surface area contributed by atoms with Crippen LogP contribution in [0, 0.1) is 0 Å². The summed E-state index contributed by atoms with van der Waals surface area (Å²) < 4.78 is 2.08. The summed E-state index contributed by atoms with van der Waals surface area (Å²) in [6, 6.07) is 0.345. The van der Waals surface area contributed by atoms with E-state index < -0.39 is 0 Å². The molecule has 2 heterocycles. The third-order valence-electron chi connectivity index (χ3n) is 4.88. The molecular weight excluding hydrogens is 314 g/mol. The van der Waals surface area contributed by atoms with Gasteiger partial charge in [-0.3, -0.25) is 9.78 Å². The number of hydrogen-bond acceptors (Lipinski definition) is 4. The van der Waals surface area contributed by atoms with Crippen LogP contribution in [0.4, 0.5) is 5.95 Å². The molecule has 6 nitrogen and oxygen atoms in total. The number of nitrogens with two attached hydrogens (primary N) is 1. The van der Waals surface area contributed by atoms with Crippen LogP contribution in [0.25, 0.3) is 11.2 Å². The van der Waals surface area contributed by atoms with E-state index in [1.165, 1.54) is 57.8 Å². The van der Waals surface area contributed by atoms with Crippen LogP contribution in [-0.4, -0.2) is 19.5 Å². The smallest absolute Gasteiger partial charge is 0.280 e. The summed E-state index contributed by atoms with van der Waals surface area (Å²) in [7, 11) is 0. The summed E-state index contributed by atoms with van der Waals surface area (Å²) in [5.74, 6) is 0.159. The predicted octanol–water partition coefficient (Wildman–Crippen LogP) is 4.57. The van der Waals surface area contributed by atoms with Gasteiger partial charge < -0.3 is 10.3 Å². The molecule has 1 atom stereocenters. The van der Waals surface area contributed by atoms with E-state index in [1.54, 1.807) is 6.33 Å². The number of aromatic amines is 1. The number of H-pyrrole nitrogens is 1. The van der Waals surface area contributed by atoms with Gasteiger partial charge in [0.2, 0.25) is 5.95 Å². The third kappa shape index (κ3) is 5.58. The van der Waals surface area contributed by atoms with Crippen LogP contribution >= 0.6 is 0 Å². The van der Waals surface area contributed by atoms with Crippen molar-refractivity contribution in [2.75, 3.05) is 5.73 Å². The van der Waals surface area contributed by atoms with E-state index in [-0.39, 0.29) is 11.5 Å². The van der Waals surface area contributed by atoms with Crippen LogP contribution in [0.2, 0.25) is 0 Å². The molecule has 25 heavy (non-hydrogen) atoms. The largest absolute Gasteiger partial charge is 0.369 e. The summed E-state index contributed by atoms with van der Waals surface area (Å²) in [6.07, 6.45) is 15.3. The molecule has 0 aliphatic rings. The molecule has 0 saturated carbocycles. The molecule has 0 radical (unpaired) electrons. The maximum Gasteiger partial charge on any atom is 0.280 e. The first-order chi connectivity index (χ1) is 12.2. The van der Waals surface area contributed by atoms with Crippen LogP contribution in [-0.2, 0) is 0 Å². The van der Waals surface area contributed by atoms with Crippen molar-refractivity contribution < 1.29 is 0 Å². The van der Waals surface area contributed by atoms with E-state index >= 15 is 0 Å². The minimum Gasteiger partial charge on any atom is -0.369 e. The van der Waals surface area contributed by atoms with Crippen LogP contribution in [0.5, 0.6) is 0 Å². The van der Waals surface area contributed by atoms with Crippen molar-refractivity contribution >= 4 is 17.1 Å². The number of nitrogens with zero attached hydrogens (tertiary/aromatic N) is 3. The first kappa shape index (κ1) is 19.5. The van der Waals surface area contributed by atoms with Crippen LogP contribution in [0.15, 0.2) is 11.1 Å². The Labute approximate surface area is 150 Å². The zero-order chi connectivity index (χ0) is 18.1. The Morgan fingerprint density at radius 3 is 2.28 bits per heavy atom. The molecule has 0 fully saturated rings. The van der Waals surface area contributed by atoms with Crippen molar-refractivity contribution in [2.45, 2.75) is 90.5 Å². The van der Waals surface area contributed by atoms with Gasteiger partial charge in [0, 0.05) is 6.04 Å². The van der Waals surface area contributed by atoms with Crippen molar-refractivity contribution in [3.05, 3.63) is 16.7 Å². The molecule has 2 aromatic heterocycles. The van der Waals surface area contributed by atoms with E-state index in [1.807, 2.05) is 0 Å². The van der Waals surface area contributed by atoms with Gasteiger partial charge in [0.25, 0.3) is 5.56 Å². The minimum absolute atomic E-state index is 0.159. The van der Waals surface area contributed by atoms with Crippen molar-refractivity contribution in [1.29, 1.82) is 0 Å². The van der Waals surface area contributed by atoms with Gasteiger partial charge in [-0.2, -0.15) is 4.98 Å². The number of hydrogen-bond donors (Lipinski definition) is 2. The molecule has 0 saturated heterocycles. The standard InChI is InChI=1S/C19H33N5O/c1-3-5-7-9-11-13-15(12-10-8-6-4-2)24-14-21-16-17(24)22-19(20)23-18(16)25/h14-15H,3-13H2,1-2H3,(H3,20,22,23,25)/t15-/m0/s1. The highest BCUT2D eigenvalue weighted by Crippen LogP contribution is 2.26. The van der Waals surface area contributed by atoms with E-state index in [2.05, 4.69) is 33.4 Å². The van der Waals surface area contributed by atoms with Crippen molar-refractivity contribution in [3.63, 3.8) is 0 Å². The second-order valence-corrected chi connectivity index (χ2v) is 6.98. The first-order valence-electron chi connectivity index (χ1n) is 9.89. The fourth-order valence-electron chi connectivity index (χ4n) is 3.42. The predicted molar refractivity (Wildman–Crippen MR) is 104 cm³/mol. The summed E-state index contributed by atoms with van der Waals surface area (Å²) in [5.41, 5.74) is 6.49. The second kappa shape index (κ2) is 10.2. The van der Waals surface area contributed by atoms with Gasteiger partial charge in [0.05, 0.1) is 6.33 Å². The number of nitrogens with one attached hydrogen (secondary N) is 1. The molecule has 0 aliphatic heterocycles. The van der Waals surface area contributed by atoms with Crippen LogP contribution in [0.1, 0.15) is 90.5 Å². The summed E-state index contributed by atoms with van der Waals surface area (Å²) in [5, 5.41) is 0. The van der Waals surface area contributed by atoms with Gasteiger partial charge in [-0.25, -0.2) is 4.98 Å². The molecule has 0 spiro atoms. The number of fused-ring (bicyclic) bond motifs is 1. The molecule has 0 amide bonds. The van der Waals surface area contributed by atoms with E-state index in [0.717, 1.165) is 12.8 Å².